The van der Waals surface area contributed by atoms with E-state index in [4.69, 9.17) is 15.5 Å². The third kappa shape index (κ3) is 8.30. The van der Waals surface area contributed by atoms with Crippen LogP contribution in [0.2, 0.25) is 0 Å². The summed E-state index contributed by atoms with van der Waals surface area (Å²) >= 11 is 0. The monoisotopic (exact) mass is 538 g/mol. The average molecular weight is 539 g/mol. The van der Waals surface area contributed by atoms with Crippen LogP contribution in [0.15, 0.2) is 40.9 Å². The van der Waals surface area contributed by atoms with E-state index in [1.54, 1.807) is 11.5 Å². The topological polar surface area (TPSA) is 171 Å². The molecule has 0 atom stereocenters. The van der Waals surface area contributed by atoms with Gasteiger partial charge in [-0.3, -0.25) is 14.8 Å². The molecule has 0 saturated carbocycles. The third-order valence-electron chi connectivity index (χ3n) is 6.67. The molecule has 2 aromatic carbocycles. The van der Waals surface area contributed by atoms with Crippen LogP contribution >= 0.6 is 0 Å². The van der Waals surface area contributed by atoms with Gasteiger partial charge in [0.1, 0.15) is 17.3 Å². The Labute approximate surface area is 228 Å². The molecule has 0 saturated heterocycles. The van der Waals surface area contributed by atoms with Crippen molar-refractivity contribution in [2.45, 2.75) is 71.3 Å². The highest BCUT2D eigenvalue weighted by Crippen LogP contribution is 2.34. The van der Waals surface area contributed by atoms with Crippen molar-refractivity contribution in [3.05, 3.63) is 64.5 Å². The number of hydrogen-bond acceptors (Lipinski definition) is 8. The van der Waals surface area contributed by atoms with Crippen LogP contribution in [0, 0.1) is 0 Å². The van der Waals surface area contributed by atoms with Crippen molar-refractivity contribution in [2.75, 3.05) is 6.54 Å². The molecule has 0 bridgehead atoms. The summed E-state index contributed by atoms with van der Waals surface area (Å²) in [5.74, 6) is -0.399. The van der Waals surface area contributed by atoms with Crippen molar-refractivity contribution in [3.63, 3.8) is 0 Å². The summed E-state index contributed by atoms with van der Waals surface area (Å²) in [6, 6.07) is 10.9. The number of aromatic nitrogens is 1. The normalized spacial score (nSPS) is 11.2. The number of nitrogens with two attached hydrogens (primary N) is 1. The maximum absolute atomic E-state index is 12.1. The van der Waals surface area contributed by atoms with Crippen LogP contribution < -0.4 is 16.5 Å². The lowest BCUT2D eigenvalue weighted by Crippen LogP contribution is -2.17. The molecule has 3 aromatic rings. The van der Waals surface area contributed by atoms with E-state index in [-0.39, 0.29) is 29.0 Å². The molecule has 10 heteroatoms. The number of hydroxylamine groups is 1. The van der Waals surface area contributed by atoms with Crippen molar-refractivity contribution in [3.8, 4) is 22.6 Å². The van der Waals surface area contributed by atoms with Crippen LogP contribution in [0.25, 0.3) is 11.1 Å². The summed E-state index contributed by atoms with van der Waals surface area (Å²) < 4.78 is 5.52. The second-order valence-corrected chi connectivity index (χ2v) is 9.96. The summed E-state index contributed by atoms with van der Waals surface area (Å²) in [5, 5.41) is 36.3. The van der Waals surface area contributed by atoms with Gasteiger partial charge in [0.05, 0.1) is 5.56 Å². The van der Waals surface area contributed by atoms with E-state index >= 15 is 0 Å². The lowest BCUT2D eigenvalue weighted by molar-refractivity contribution is -0.129. The van der Waals surface area contributed by atoms with Crippen molar-refractivity contribution >= 4 is 11.8 Å². The van der Waals surface area contributed by atoms with Gasteiger partial charge in [0.15, 0.2) is 5.69 Å². The molecular weight excluding hydrogens is 500 g/mol. The number of aromatic hydroxyl groups is 2. The smallest absolute Gasteiger partial charge is 0.271 e. The number of phenols is 2. The van der Waals surface area contributed by atoms with Gasteiger partial charge in [-0.05, 0) is 60.0 Å². The first-order valence-corrected chi connectivity index (χ1v) is 13.3. The van der Waals surface area contributed by atoms with Gasteiger partial charge in [-0.25, -0.2) is 5.48 Å². The number of nitrogens with zero attached hydrogens (tertiary/aromatic N) is 1. The zero-order valence-electron chi connectivity index (χ0n) is 22.5. The first-order valence-electron chi connectivity index (χ1n) is 13.3. The van der Waals surface area contributed by atoms with Gasteiger partial charge in [0.2, 0.25) is 5.91 Å². The lowest BCUT2D eigenvalue weighted by atomic mass is 9.95. The van der Waals surface area contributed by atoms with Gasteiger partial charge in [-0.1, -0.05) is 56.1 Å². The molecule has 7 N–H and O–H groups in total. The molecule has 39 heavy (non-hydrogen) atoms. The average Bonchev–Trinajstić information content (AvgIpc) is 3.34. The first kappa shape index (κ1) is 29.7. The maximum atomic E-state index is 12.1. The van der Waals surface area contributed by atoms with Gasteiger partial charge >= 0.3 is 0 Å². The number of hydrogen-bond donors (Lipinski definition) is 6. The van der Waals surface area contributed by atoms with Crippen LogP contribution in [0.3, 0.4) is 0 Å². The maximum Gasteiger partial charge on any atom is 0.271 e. The van der Waals surface area contributed by atoms with Gasteiger partial charge < -0.3 is 25.8 Å². The number of aryl methyl sites for hydroxylation is 2. The Kier molecular flexibility index (Phi) is 10.9. The zero-order chi connectivity index (χ0) is 28.4. The van der Waals surface area contributed by atoms with E-state index in [1.807, 2.05) is 38.1 Å². The number of amides is 2. The third-order valence-corrected chi connectivity index (χ3v) is 6.67. The molecule has 10 nitrogen and oxygen atoms in total. The summed E-state index contributed by atoms with van der Waals surface area (Å²) in [7, 11) is 0. The van der Waals surface area contributed by atoms with E-state index in [1.165, 1.54) is 6.07 Å². The summed E-state index contributed by atoms with van der Waals surface area (Å²) in [4.78, 5) is 23.1. The highest BCUT2D eigenvalue weighted by atomic mass is 16.5. The van der Waals surface area contributed by atoms with E-state index in [0.29, 0.717) is 42.7 Å². The molecule has 0 spiro atoms. The van der Waals surface area contributed by atoms with Crippen LogP contribution in [-0.4, -0.2) is 38.9 Å². The molecule has 0 fully saturated rings. The predicted octanol–water partition coefficient (Wildman–Crippen LogP) is 4.31. The Morgan fingerprint density at radius 2 is 1.72 bits per heavy atom. The quantitative estimate of drug-likeness (QED) is 0.0944. The van der Waals surface area contributed by atoms with Gasteiger partial charge in [0.25, 0.3) is 5.91 Å². The van der Waals surface area contributed by atoms with Crippen molar-refractivity contribution < 1.29 is 29.5 Å². The Bertz CT molecular complexity index is 1250. The Hall–Kier alpha value is -3.89. The van der Waals surface area contributed by atoms with E-state index in [2.05, 4.69) is 10.5 Å². The molecule has 0 aliphatic rings. The molecule has 1 heterocycles. The van der Waals surface area contributed by atoms with Crippen LogP contribution in [0.5, 0.6) is 11.5 Å². The lowest BCUT2D eigenvalue weighted by Gasteiger charge is -2.12. The fourth-order valence-electron chi connectivity index (χ4n) is 4.48. The fraction of sp³-hybridized carbons (Fsp3) is 0.414. The standard InChI is InChI=1S/C29H38N4O6/c1-18(2)22-15-21(23(34)16-24(22)35)12-13-25-27(28(29(30)37)33-39-25)20-10-8-19(9-11-20)17-31-14-6-4-3-5-7-26(36)32-38/h8-11,15-16,18,31,34-35,38H,3-7,12-14,17H2,1-2H3,(H2,30,37)(H,32,36). The van der Waals surface area contributed by atoms with E-state index in [0.717, 1.165) is 48.9 Å². The number of nitrogens with one attached hydrogen (secondary N) is 2. The van der Waals surface area contributed by atoms with Crippen LogP contribution in [0.4, 0.5) is 0 Å². The minimum absolute atomic E-state index is 0.000888. The highest BCUT2D eigenvalue weighted by molar-refractivity contribution is 5.98. The number of unbranched alkanes of at least 4 members (excludes halogenated alkanes) is 3. The zero-order valence-corrected chi connectivity index (χ0v) is 22.5. The molecule has 0 unspecified atom stereocenters. The minimum Gasteiger partial charge on any atom is -0.508 e. The fourth-order valence-corrected chi connectivity index (χ4v) is 4.48. The number of phenolic OH excluding ortho intramolecular Hbond substituents is 2. The number of carbonyl (C=O) groups excluding carboxylic acids is 2. The summed E-state index contributed by atoms with van der Waals surface area (Å²) in [6.45, 7) is 5.46. The number of benzene rings is 2. The van der Waals surface area contributed by atoms with Crippen molar-refractivity contribution in [1.29, 1.82) is 0 Å². The van der Waals surface area contributed by atoms with Crippen molar-refractivity contribution in [2.24, 2.45) is 5.73 Å². The molecular formula is C29H38N4O6. The van der Waals surface area contributed by atoms with Gasteiger partial charge in [-0.15, -0.1) is 0 Å². The molecule has 0 radical (unpaired) electrons. The van der Waals surface area contributed by atoms with E-state index in [9.17, 15) is 19.8 Å². The molecule has 1 aromatic heterocycles. The molecule has 0 aliphatic carbocycles. The molecule has 3 rings (SSSR count). The van der Waals surface area contributed by atoms with Crippen molar-refractivity contribution in [1.82, 2.24) is 16.0 Å². The summed E-state index contributed by atoms with van der Waals surface area (Å²) in [5.41, 5.74) is 11.1. The molecule has 0 aliphatic heterocycles. The van der Waals surface area contributed by atoms with Crippen LogP contribution in [-0.2, 0) is 24.2 Å². The number of primary amides is 1. The summed E-state index contributed by atoms with van der Waals surface area (Å²) in [6.07, 6.45) is 4.79. The molecule has 2 amide bonds. The second-order valence-electron chi connectivity index (χ2n) is 9.96. The Morgan fingerprint density at radius 3 is 2.38 bits per heavy atom. The number of carbonyl (C=O) groups is 2. The Balaban J connectivity index is 1.61. The largest absolute Gasteiger partial charge is 0.508 e. The highest BCUT2D eigenvalue weighted by Gasteiger charge is 2.22. The van der Waals surface area contributed by atoms with E-state index < -0.39 is 5.91 Å². The van der Waals surface area contributed by atoms with Crippen LogP contribution in [0.1, 0.15) is 84.8 Å². The first-order chi connectivity index (χ1) is 18.7. The number of rotatable bonds is 15. The molecule has 210 valence electrons. The Morgan fingerprint density at radius 1 is 1.00 bits per heavy atom. The van der Waals surface area contributed by atoms with Gasteiger partial charge in [-0.2, -0.15) is 0 Å². The minimum atomic E-state index is -0.683. The van der Waals surface area contributed by atoms with Gasteiger partial charge in [0, 0.05) is 25.5 Å². The predicted molar refractivity (Wildman–Crippen MR) is 146 cm³/mol. The SMILES string of the molecule is CC(C)c1cc(CCc2onc(C(N)=O)c2-c2ccc(CNCCCCCCC(=O)NO)cc2)c(O)cc1O. The second kappa shape index (κ2) is 14.3.